The summed E-state index contributed by atoms with van der Waals surface area (Å²) in [4.78, 5) is 11.8. The number of carboxylic acids is 1. The third-order valence-electron chi connectivity index (χ3n) is 4.60. The van der Waals surface area contributed by atoms with Crippen molar-refractivity contribution in [3.63, 3.8) is 0 Å². The zero-order valence-electron chi connectivity index (χ0n) is 18.2. The number of aromatic hydroxyl groups is 1. The van der Waals surface area contributed by atoms with Gasteiger partial charge in [0.1, 0.15) is 11.5 Å². The van der Waals surface area contributed by atoms with E-state index in [4.69, 9.17) is 14.6 Å². The van der Waals surface area contributed by atoms with E-state index < -0.39 is 5.97 Å². The summed E-state index contributed by atoms with van der Waals surface area (Å²) in [5, 5.41) is 19.1. The van der Waals surface area contributed by atoms with Crippen LogP contribution in [0, 0.1) is 12.8 Å². The van der Waals surface area contributed by atoms with Crippen molar-refractivity contribution in [2.24, 2.45) is 5.92 Å². The van der Waals surface area contributed by atoms with E-state index >= 15 is 0 Å². The summed E-state index contributed by atoms with van der Waals surface area (Å²) in [6.07, 6.45) is 1.58. The molecule has 164 valence electrons. The van der Waals surface area contributed by atoms with Gasteiger partial charge in [-0.05, 0) is 74.1 Å². The highest BCUT2D eigenvalue weighted by Gasteiger charge is 2.17. The molecule has 0 aromatic heterocycles. The number of thioether (sulfide) groups is 1. The lowest BCUT2D eigenvalue weighted by atomic mass is 9.97. The first kappa shape index (κ1) is 24.1. The van der Waals surface area contributed by atoms with E-state index in [1.807, 2.05) is 38.1 Å². The van der Waals surface area contributed by atoms with Crippen molar-refractivity contribution in [3.8, 4) is 11.5 Å². The molecule has 1 atom stereocenters. The number of benzene rings is 2. The number of hydrogen-bond donors (Lipinski definition) is 2. The van der Waals surface area contributed by atoms with Gasteiger partial charge in [0.05, 0.1) is 6.10 Å². The maximum atomic E-state index is 10.7. The van der Waals surface area contributed by atoms with Gasteiger partial charge < -0.3 is 19.7 Å². The summed E-state index contributed by atoms with van der Waals surface area (Å²) in [7, 11) is 0. The molecule has 0 spiro atoms. The number of aryl methyl sites for hydroxylation is 1. The van der Waals surface area contributed by atoms with Crippen molar-refractivity contribution in [1.29, 1.82) is 0 Å². The van der Waals surface area contributed by atoms with Crippen molar-refractivity contribution >= 4 is 17.7 Å². The average Bonchev–Trinajstić information content (AvgIpc) is 2.67. The van der Waals surface area contributed by atoms with Crippen LogP contribution in [0.2, 0.25) is 0 Å². The first-order valence-corrected chi connectivity index (χ1v) is 11.3. The largest absolute Gasteiger partial charge is 0.508 e. The lowest BCUT2D eigenvalue weighted by Crippen LogP contribution is -2.10. The number of aliphatic carboxylic acids is 1. The van der Waals surface area contributed by atoms with Crippen LogP contribution in [0.25, 0.3) is 0 Å². The number of carboxylic acid groups (broad SMARTS) is 1. The summed E-state index contributed by atoms with van der Waals surface area (Å²) in [5.41, 5.74) is 2.97. The molecule has 0 bridgehead atoms. The monoisotopic (exact) mass is 432 g/mol. The van der Waals surface area contributed by atoms with Gasteiger partial charge in [0.2, 0.25) is 0 Å². The molecule has 2 N–H and O–H groups in total. The predicted molar refractivity (Wildman–Crippen MR) is 121 cm³/mol. The van der Waals surface area contributed by atoms with Gasteiger partial charge in [0.25, 0.3) is 0 Å². The van der Waals surface area contributed by atoms with Crippen molar-refractivity contribution in [1.82, 2.24) is 0 Å². The summed E-state index contributed by atoms with van der Waals surface area (Å²) in [6, 6.07) is 11.6. The molecule has 0 amide bonds. The summed E-state index contributed by atoms with van der Waals surface area (Å²) in [6.45, 7) is 8.48. The minimum absolute atomic E-state index is 0.158. The van der Waals surface area contributed by atoms with Crippen LogP contribution in [0.1, 0.15) is 50.0 Å². The van der Waals surface area contributed by atoms with E-state index in [0.717, 1.165) is 34.6 Å². The third-order valence-corrected chi connectivity index (χ3v) is 5.62. The number of phenolic OH excluding ortho intramolecular Hbond substituents is 1. The SMILES string of the molecule is CCOC(CCSc1ccc(OCC(=O)O)c(C)c1)c1cc(CC(C)C)ccc1O. The molecule has 6 heteroatoms. The normalized spacial score (nSPS) is 12.2. The van der Waals surface area contributed by atoms with Gasteiger partial charge in [-0.25, -0.2) is 4.79 Å². The Labute approximate surface area is 183 Å². The fourth-order valence-electron chi connectivity index (χ4n) is 3.29. The summed E-state index contributed by atoms with van der Waals surface area (Å²) in [5.74, 6) is 1.25. The molecule has 0 aliphatic carbocycles. The Morgan fingerprint density at radius 2 is 1.93 bits per heavy atom. The van der Waals surface area contributed by atoms with Crippen LogP contribution in [0.5, 0.6) is 11.5 Å². The quantitative estimate of drug-likeness (QED) is 0.424. The van der Waals surface area contributed by atoms with Crippen LogP contribution >= 0.6 is 11.8 Å². The number of carbonyl (C=O) groups is 1. The van der Waals surface area contributed by atoms with E-state index in [-0.39, 0.29) is 18.5 Å². The van der Waals surface area contributed by atoms with Gasteiger partial charge in [0, 0.05) is 22.8 Å². The van der Waals surface area contributed by atoms with Crippen LogP contribution in [-0.4, -0.2) is 35.1 Å². The Kier molecular flexibility index (Phi) is 9.53. The minimum Gasteiger partial charge on any atom is -0.508 e. The lowest BCUT2D eigenvalue weighted by molar-refractivity contribution is -0.139. The number of ether oxygens (including phenoxy) is 2. The van der Waals surface area contributed by atoms with Crippen molar-refractivity contribution < 1.29 is 24.5 Å². The Morgan fingerprint density at radius 1 is 1.17 bits per heavy atom. The Balaban J connectivity index is 2.02. The summed E-state index contributed by atoms with van der Waals surface area (Å²) >= 11 is 1.70. The molecule has 0 fully saturated rings. The zero-order valence-corrected chi connectivity index (χ0v) is 19.0. The molecular weight excluding hydrogens is 400 g/mol. The highest BCUT2D eigenvalue weighted by molar-refractivity contribution is 7.99. The van der Waals surface area contributed by atoms with Crippen LogP contribution in [-0.2, 0) is 16.0 Å². The Hall–Kier alpha value is -2.18. The standard InChI is InChI=1S/C24H32O5S/c1-5-28-23(20-14-18(12-16(2)3)6-8-21(20)25)10-11-30-19-7-9-22(17(4)13-19)29-15-24(26)27/h6-9,13-14,16,23,25H,5,10-12,15H2,1-4H3,(H,26,27). The van der Waals surface area contributed by atoms with Gasteiger partial charge in [-0.15, -0.1) is 11.8 Å². The molecule has 2 aromatic rings. The van der Waals surface area contributed by atoms with Gasteiger partial charge in [-0.2, -0.15) is 0 Å². The molecule has 0 saturated heterocycles. The molecule has 2 aromatic carbocycles. The van der Waals surface area contributed by atoms with E-state index in [0.29, 0.717) is 18.3 Å². The number of phenols is 1. The van der Waals surface area contributed by atoms with Gasteiger partial charge in [-0.1, -0.05) is 19.9 Å². The molecule has 0 aliphatic rings. The maximum absolute atomic E-state index is 10.7. The second kappa shape index (κ2) is 11.9. The second-order valence-corrected chi connectivity index (χ2v) is 8.85. The maximum Gasteiger partial charge on any atom is 0.341 e. The first-order chi connectivity index (χ1) is 14.3. The van der Waals surface area contributed by atoms with Crippen LogP contribution in [0.15, 0.2) is 41.3 Å². The topological polar surface area (TPSA) is 76.0 Å². The Bertz CT molecular complexity index is 834. The van der Waals surface area contributed by atoms with Crippen molar-refractivity contribution in [2.75, 3.05) is 19.0 Å². The lowest BCUT2D eigenvalue weighted by Gasteiger charge is -2.20. The zero-order chi connectivity index (χ0) is 22.1. The highest BCUT2D eigenvalue weighted by Crippen LogP contribution is 2.33. The van der Waals surface area contributed by atoms with Gasteiger partial charge in [-0.3, -0.25) is 0 Å². The Morgan fingerprint density at radius 3 is 2.57 bits per heavy atom. The smallest absolute Gasteiger partial charge is 0.341 e. The second-order valence-electron chi connectivity index (χ2n) is 7.68. The van der Waals surface area contributed by atoms with E-state index in [2.05, 4.69) is 19.9 Å². The molecule has 30 heavy (non-hydrogen) atoms. The van der Waals surface area contributed by atoms with Crippen molar-refractivity contribution in [3.05, 3.63) is 53.1 Å². The molecule has 1 unspecified atom stereocenters. The fraction of sp³-hybridized carbons (Fsp3) is 0.458. The van der Waals surface area contributed by atoms with Crippen molar-refractivity contribution in [2.45, 2.75) is 51.5 Å². The fourth-order valence-corrected chi connectivity index (χ4v) is 4.28. The average molecular weight is 433 g/mol. The molecule has 0 heterocycles. The van der Waals surface area contributed by atoms with Gasteiger partial charge >= 0.3 is 5.97 Å². The predicted octanol–water partition coefficient (Wildman–Crippen LogP) is 5.62. The van der Waals surface area contributed by atoms with Crippen LogP contribution in [0.4, 0.5) is 0 Å². The molecule has 0 radical (unpaired) electrons. The van der Waals surface area contributed by atoms with E-state index in [1.165, 1.54) is 5.56 Å². The van der Waals surface area contributed by atoms with E-state index in [9.17, 15) is 9.90 Å². The molecular formula is C24H32O5S. The van der Waals surface area contributed by atoms with Gasteiger partial charge in [0.15, 0.2) is 6.61 Å². The number of rotatable bonds is 12. The molecule has 2 rings (SSSR count). The highest BCUT2D eigenvalue weighted by atomic mass is 32.2. The number of hydrogen-bond acceptors (Lipinski definition) is 5. The van der Waals surface area contributed by atoms with E-state index in [1.54, 1.807) is 17.8 Å². The summed E-state index contributed by atoms with van der Waals surface area (Å²) < 4.78 is 11.2. The molecule has 5 nitrogen and oxygen atoms in total. The first-order valence-electron chi connectivity index (χ1n) is 10.3. The molecule has 0 saturated carbocycles. The minimum atomic E-state index is -0.990. The third kappa shape index (κ3) is 7.58. The van der Waals surface area contributed by atoms with Crippen LogP contribution in [0.3, 0.4) is 0 Å². The van der Waals surface area contributed by atoms with Crippen LogP contribution < -0.4 is 4.74 Å². The molecule has 0 aliphatic heterocycles.